The lowest BCUT2D eigenvalue weighted by Crippen LogP contribution is -2.53. The van der Waals surface area contributed by atoms with Crippen molar-refractivity contribution >= 4 is 0 Å². The van der Waals surface area contributed by atoms with Crippen LogP contribution in [0.1, 0.15) is 32.6 Å². The molecule has 0 amide bonds. The van der Waals surface area contributed by atoms with E-state index in [0.29, 0.717) is 6.04 Å². The van der Waals surface area contributed by atoms with E-state index in [2.05, 4.69) is 36.1 Å². The van der Waals surface area contributed by atoms with Crippen LogP contribution in [0.25, 0.3) is 0 Å². The third kappa shape index (κ3) is 3.67. The van der Waals surface area contributed by atoms with Crippen molar-refractivity contribution in [2.45, 2.75) is 44.7 Å². The molecule has 1 saturated carbocycles. The summed E-state index contributed by atoms with van der Waals surface area (Å²) in [6, 6.07) is 1.43. The lowest BCUT2D eigenvalue weighted by atomic mass is 10.0. The molecular weight excluding hydrogens is 210 g/mol. The molecule has 1 heterocycles. The Kier molecular flexibility index (Phi) is 4.83. The van der Waals surface area contributed by atoms with Gasteiger partial charge in [0.25, 0.3) is 0 Å². The Balaban J connectivity index is 1.98. The van der Waals surface area contributed by atoms with E-state index in [4.69, 9.17) is 0 Å². The molecular formula is C14H29N3. The van der Waals surface area contributed by atoms with Crippen LogP contribution >= 0.6 is 0 Å². The van der Waals surface area contributed by atoms with Crippen LogP contribution in [0.5, 0.6) is 0 Å². The average molecular weight is 239 g/mol. The van der Waals surface area contributed by atoms with E-state index in [9.17, 15) is 0 Å². The minimum Gasteiger partial charge on any atom is -0.312 e. The SMILES string of the molecule is CCCNC(C1CC1)C1CN(C)CCCN1C. The average Bonchev–Trinajstić information content (AvgIpc) is 3.11. The highest BCUT2D eigenvalue weighted by molar-refractivity contribution is 4.96. The van der Waals surface area contributed by atoms with Gasteiger partial charge in [-0.05, 0) is 65.3 Å². The standard InChI is InChI=1S/C14H29N3/c1-4-8-15-14(12-6-7-12)13-11-16(2)9-5-10-17(13)3/h12-15H,4-11H2,1-3H3. The Morgan fingerprint density at radius 2 is 2.00 bits per heavy atom. The van der Waals surface area contributed by atoms with Gasteiger partial charge in [-0.2, -0.15) is 0 Å². The number of likely N-dealkylation sites (N-methyl/N-ethyl adjacent to an activating group) is 2. The molecule has 3 nitrogen and oxygen atoms in total. The summed E-state index contributed by atoms with van der Waals surface area (Å²) in [5.41, 5.74) is 0. The second-order valence-corrected chi connectivity index (χ2v) is 5.98. The molecule has 1 aliphatic heterocycles. The van der Waals surface area contributed by atoms with Crippen LogP contribution in [-0.4, -0.2) is 62.2 Å². The predicted octanol–water partition coefficient (Wildman–Crippen LogP) is 1.40. The monoisotopic (exact) mass is 239 g/mol. The summed E-state index contributed by atoms with van der Waals surface area (Å²) < 4.78 is 0. The lowest BCUT2D eigenvalue weighted by molar-refractivity contribution is 0.166. The van der Waals surface area contributed by atoms with Crippen molar-refractivity contribution in [3.05, 3.63) is 0 Å². The van der Waals surface area contributed by atoms with Gasteiger partial charge in [-0.15, -0.1) is 0 Å². The van der Waals surface area contributed by atoms with E-state index in [1.54, 1.807) is 0 Å². The third-order valence-electron chi connectivity index (χ3n) is 4.29. The van der Waals surface area contributed by atoms with Crippen molar-refractivity contribution in [2.75, 3.05) is 40.3 Å². The molecule has 2 fully saturated rings. The molecule has 2 atom stereocenters. The topological polar surface area (TPSA) is 18.5 Å². The summed E-state index contributed by atoms with van der Waals surface area (Å²) >= 11 is 0. The molecule has 17 heavy (non-hydrogen) atoms. The Morgan fingerprint density at radius 3 is 2.65 bits per heavy atom. The smallest absolute Gasteiger partial charge is 0.0376 e. The number of hydrogen-bond donors (Lipinski definition) is 1. The number of rotatable bonds is 5. The second-order valence-electron chi connectivity index (χ2n) is 5.98. The number of hydrogen-bond acceptors (Lipinski definition) is 3. The molecule has 0 bridgehead atoms. The van der Waals surface area contributed by atoms with Crippen LogP contribution in [0.3, 0.4) is 0 Å². The van der Waals surface area contributed by atoms with Crippen LogP contribution in [0.15, 0.2) is 0 Å². The van der Waals surface area contributed by atoms with Gasteiger partial charge in [0.15, 0.2) is 0 Å². The van der Waals surface area contributed by atoms with Crippen LogP contribution in [-0.2, 0) is 0 Å². The van der Waals surface area contributed by atoms with Crippen LogP contribution < -0.4 is 5.32 Å². The fraction of sp³-hybridized carbons (Fsp3) is 1.00. The first kappa shape index (κ1) is 13.3. The van der Waals surface area contributed by atoms with Crippen molar-refractivity contribution in [1.82, 2.24) is 15.1 Å². The first-order valence-electron chi connectivity index (χ1n) is 7.34. The maximum absolute atomic E-state index is 3.81. The molecule has 2 aliphatic rings. The Labute approximate surface area is 107 Å². The molecule has 2 unspecified atom stereocenters. The summed E-state index contributed by atoms with van der Waals surface area (Å²) in [7, 11) is 4.59. The van der Waals surface area contributed by atoms with Crippen LogP contribution in [0, 0.1) is 5.92 Å². The molecule has 100 valence electrons. The molecule has 3 heteroatoms. The number of nitrogens with one attached hydrogen (secondary N) is 1. The molecule has 1 aliphatic carbocycles. The summed E-state index contributed by atoms with van der Waals surface area (Å²) in [4.78, 5) is 5.10. The van der Waals surface area contributed by atoms with E-state index < -0.39 is 0 Å². The zero-order valence-corrected chi connectivity index (χ0v) is 11.8. The van der Waals surface area contributed by atoms with Gasteiger partial charge in [-0.3, -0.25) is 0 Å². The maximum Gasteiger partial charge on any atom is 0.0376 e. The molecule has 0 aromatic carbocycles. The third-order valence-corrected chi connectivity index (χ3v) is 4.29. The molecule has 1 saturated heterocycles. The normalized spacial score (nSPS) is 30.2. The zero-order valence-electron chi connectivity index (χ0n) is 11.8. The molecule has 0 aromatic rings. The number of nitrogens with zero attached hydrogens (tertiary/aromatic N) is 2. The molecule has 0 radical (unpaired) electrons. The molecule has 0 aromatic heterocycles. The summed E-state index contributed by atoms with van der Waals surface area (Å²) in [5.74, 6) is 0.945. The van der Waals surface area contributed by atoms with Crippen molar-refractivity contribution in [2.24, 2.45) is 5.92 Å². The largest absolute Gasteiger partial charge is 0.312 e. The van der Waals surface area contributed by atoms with E-state index >= 15 is 0 Å². The van der Waals surface area contributed by atoms with Crippen molar-refractivity contribution in [3.8, 4) is 0 Å². The van der Waals surface area contributed by atoms with Gasteiger partial charge in [-0.25, -0.2) is 0 Å². The molecule has 1 N–H and O–H groups in total. The fourth-order valence-corrected chi connectivity index (χ4v) is 3.08. The fourth-order valence-electron chi connectivity index (χ4n) is 3.08. The Morgan fingerprint density at radius 1 is 1.24 bits per heavy atom. The van der Waals surface area contributed by atoms with Crippen molar-refractivity contribution in [3.63, 3.8) is 0 Å². The first-order valence-corrected chi connectivity index (χ1v) is 7.34. The van der Waals surface area contributed by atoms with E-state index in [0.717, 1.165) is 12.0 Å². The minimum atomic E-state index is 0.710. The van der Waals surface area contributed by atoms with Crippen LogP contribution in [0.4, 0.5) is 0 Å². The van der Waals surface area contributed by atoms with Gasteiger partial charge in [0.2, 0.25) is 0 Å². The Bertz CT molecular complexity index is 228. The summed E-state index contributed by atoms with van der Waals surface area (Å²) in [5, 5.41) is 3.81. The minimum absolute atomic E-state index is 0.710. The van der Waals surface area contributed by atoms with Gasteiger partial charge in [0.05, 0.1) is 0 Å². The van der Waals surface area contributed by atoms with Crippen molar-refractivity contribution in [1.29, 1.82) is 0 Å². The summed E-state index contributed by atoms with van der Waals surface area (Å²) in [6.45, 7) is 7.18. The van der Waals surface area contributed by atoms with Gasteiger partial charge in [-0.1, -0.05) is 6.92 Å². The Hall–Kier alpha value is -0.120. The maximum atomic E-state index is 3.81. The van der Waals surface area contributed by atoms with E-state index in [1.165, 1.54) is 51.9 Å². The first-order chi connectivity index (χ1) is 8.22. The van der Waals surface area contributed by atoms with E-state index in [1.807, 2.05) is 0 Å². The molecule has 2 rings (SSSR count). The van der Waals surface area contributed by atoms with Gasteiger partial charge < -0.3 is 15.1 Å². The highest BCUT2D eigenvalue weighted by atomic mass is 15.2. The molecule has 0 spiro atoms. The van der Waals surface area contributed by atoms with Gasteiger partial charge in [0, 0.05) is 18.6 Å². The summed E-state index contributed by atoms with van der Waals surface area (Å²) in [6.07, 6.45) is 5.44. The van der Waals surface area contributed by atoms with Crippen LogP contribution in [0.2, 0.25) is 0 Å². The van der Waals surface area contributed by atoms with Crippen molar-refractivity contribution < 1.29 is 0 Å². The van der Waals surface area contributed by atoms with E-state index in [-0.39, 0.29) is 0 Å². The van der Waals surface area contributed by atoms with Gasteiger partial charge in [0.1, 0.15) is 0 Å². The highest BCUT2D eigenvalue weighted by Crippen LogP contribution is 2.35. The lowest BCUT2D eigenvalue weighted by Gasteiger charge is -2.35. The second kappa shape index (κ2) is 6.17. The highest BCUT2D eigenvalue weighted by Gasteiger charge is 2.38. The predicted molar refractivity (Wildman–Crippen MR) is 73.3 cm³/mol. The zero-order chi connectivity index (χ0) is 12.3. The quantitative estimate of drug-likeness (QED) is 0.782. The van der Waals surface area contributed by atoms with Gasteiger partial charge >= 0.3 is 0 Å².